The average molecular weight is 426 g/mol. The lowest BCUT2D eigenvalue weighted by molar-refractivity contribution is -0.537. The van der Waals surface area contributed by atoms with Gasteiger partial charge in [-0.2, -0.15) is 0 Å². The highest BCUT2D eigenvalue weighted by molar-refractivity contribution is 5.99. The minimum absolute atomic E-state index is 0.00451. The molecule has 0 aromatic heterocycles. The third kappa shape index (κ3) is 4.91. The first-order valence-electron chi connectivity index (χ1n) is 10.4. The number of nitro groups is 1. The van der Waals surface area contributed by atoms with Crippen LogP contribution in [0.25, 0.3) is 0 Å². The molecule has 0 saturated carbocycles. The molecule has 0 aliphatic carbocycles. The molecule has 1 heterocycles. The maximum Gasteiger partial charge on any atom is 0.335 e. The van der Waals surface area contributed by atoms with Crippen molar-refractivity contribution in [3.63, 3.8) is 0 Å². The number of rotatable bonds is 8. The highest BCUT2D eigenvalue weighted by atomic mass is 16.6. The van der Waals surface area contributed by atoms with Gasteiger partial charge in [-0.3, -0.25) is 14.9 Å². The van der Waals surface area contributed by atoms with Crippen LogP contribution in [-0.4, -0.2) is 44.5 Å². The molecule has 3 rings (SSSR count). The largest absolute Gasteiger partial charge is 0.478 e. The van der Waals surface area contributed by atoms with Crippen LogP contribution in [0.4, 0.5) is 0 Å². The number of carboxylic acid groups (broad SMARTS) is 1. The average Bonchev–Trinajstić information content (AvgIpc) is 2.77. The monoisotopic (exact) mass is 426 g/mol. The van der Waals surface area contributed by atoms with Crippen molar-refractivity contribution < 1.29 is 24.7 Å². The van der Waals surface area contributed by atoms with Crippen LogP contribution in [0.5, 0.6) is 0 Å². The lowest BCUT2D eigenvalue weighted by Crippen LogP contribution is -2.37. The Labute approximate surface area is 180 Å². The Bertz CT molecular complexity index is 990. The van der Waals surface area contributed by atoms with Crippen LogP contribution in [0.2, 0.25) is 0 Å². The number of aliphatic hydroxyl groups is 1. The number of hydrogen-bond donors (Lipinski definition) is 2. The molecule has 0 spiro atoms. The van der Waals surface area contributed by atoms with Gasteiger partial charge < -0.3 is 15.1 Å². The Morgan fingerprint density at radius 3 is 2.55 bits per heavy atom. The van der Waals surface area contributed by atoms with Gasteiger partial charge in [0.15, 0.2) is 0 Å². The Hall–Kier alpha value is -3.26. The summed E-state index contributed by atoms with van der Waals surface area (Å²) in [5, 5.41) is 31.8. The lowest BCUT2D eigenvalue weighted by atomic mass is 9.91. The van der Waals surface area contributed by atoms with Crippen molar-refractivity contribution >= 4 is 11.9 Å². The van der Waals surface area contributed by atoms with Crippen molar-refractivity contribution in [2.45, 2.75) is 51.3 Å². The molecule has 31 heavy (non-hydrogen) atoms. The van der Waals surface area contributed by atoms with Crippen molar-refractivity contribution in [2.24, 2.45) is 0 Å². The zero-order valence-electron chi connectivity index (χ0n) is 17.4. The number of carboxylic acids is 1. The fourth-order valence-electron chi connectivity index (χ4n) is 3.97. The predicted molar refractivity (Wildman–Crippen MR) is 114 cm³/mol. The Morgan fingerprint density at radius 2 is 1.90 bits per heavy atom. The number of benzene rings is 2. The molecule has 0 fully saturated rings. The molecule has 1 aliphatic rings. The summed E-state index contributed by atoms with van der Waals surface area (Å²) in [5.41, 5.74) is 2.13. The molecule has 1 aliphatic heterocycles. The number of aromatic carboxylic acids is 1. The maximum atomic E-state index is 13.4. The van der Waals surface area contributed by atoms with Crippen LogP contribution in [0, 0.1) is 10.1 Å². The third-order valence-electron chi connectivity index (χ3n) is 5.76. The summed E-state index contributed by atoms with van der Waals surface area (Å²) in [6, 6.07) is 10.3. The normalized spacial score (nSPS) is 15.1. The van der Waals surface area contributed by atoms with Gasteiger partial charge >= 0.3 is 5.97 Å². The van der Waals surface area contributed by atoms with Gasteiger partial charge in [0.05, 0.1) is 5.56 Å². The van der Waals surface area contributed by atoms with E-state index >= 15 is 0 Å². The molecule has 8 heteroatoms. The summed E-state index contributed by atoms with van der Waals surface area (Å²) in [5.74, 6) is -1.65. The van der Waals surface area contributed by atoms with E-state index in [9.17, 15) is 29.9 Å². The first-order chi connectivity index (χ1) is 14.8. The molecule has 164 valence electrons. The molecular formula is C23H26N2O6. The van der Waals surface area contributed by atoms with E-state index in [0.29, 0.717) is 25.9 Å². The number of amides is 1. The zero-order chi connectivity index (χ0) is 22.5. The number of nitrogens with zero attached hydrogens (tertiary/aromatic N) is 2. The van der Waals surface area contributed by atoms with Crippen molar-refractivity contribution in [2.75, 3.05) is 6.54 Å². The molecule has 0 saturated heterocycles. The SMILES string of the molecule is CCCCC(C(O)c1ccc(C(=O)O)cc1C(=O)N1CCc2ccccc2C1)[N+](=O)[O-]. The van der Waals surface area contributed by atoms with Crippen LogP contribution >= 0.6 is 0 Å². The summed E-state index contributed by atoms with van der Waals surface area (Å²) < 4.78 is 0. The minimum Gasteiger partial charge on any atom is -0.478 e. The van der Waals surface area contributed by atoms with E-state index in [2.05, 4.69) is 0 Å². The second kappa shape index (κ2) is 9.70. The second-order valence-corrected chi connectivity index (χ2v) is 7.79. The van der Waals surface area contributed by atoms with E-state index in [-0.39, 0.29) is 23.1 Å². The lowest BCUT2D eigenvalue weighted by Gasteiger charge is -2.30. The van der Waals surface area contributed by atoms with Gasteiger partial charge in [-0.1, -0.05) is 43.7 Å². The van der Waals surface area contributed by atoms with E-state index in [0.717, 1.165) is 17.5 Å². The number of carbonyl (C=O) groups is 2. The molecular weight excluding hydrogens is 400 g/mol. The van der Waals surface area contributed by atoms with Crippen LogP contribution in [0.15, 0.2) is 42.5 Å². The van der Waals surface area contributed by atoms with Crippen LogP contribution < -0.4 is 0 Å². The van der Waals surface area contributed by atoms with Gasteiger partial charge in [-0.05, 0) is 36.1 Å². The molecule has 2 aromatic carbocycles. The van der Waals surface area contributed by atoms with E-state index < -0.39 is 28.9 Å². The fourth-order valence-corrected chi connectivity index (χ4v) is 3.97. The van der Waals surface area contributed by atoms with Crippen LogP contribution in [-0.2, 0) is 13.0 Å². The van der Waals surface area contributed by atoms with Crippen molar-refractivity contribution in [1.29, 1.82) is 0 Å². The summed E-state index contributed by atoms with van der Waals surface area (Å²) in [6.07, 6.45) is 0.596. The highest BCUT2D eigenvalue weighted by Crippen LogP contribution is 2.29. The Morgan fingerprint density at radius 1 is 1.19 bits per heavy atom. The topological polar surface area (TPSA) is 121 Å². The predicted octanol–water partition coefficient (Wildman–Crippen LogP) is 3.45. The molecule has 2 N–H and O–H groups in total. The standard InChI is InChI=1S/C23H26N2O6/c1-2-3-8-20(25(30)31)21(26)18-10-9-16(23(28)29)13-19(18)22(27)24-12-11-15-6-4-5-7-17(15)14-24/h4-7,9-10,13,20-21,26H,2-3,8,11-12,14H2,1H3,(H,28,29). The number of hydrogen-bond acceptors (Lipinski definition) is 5. The first kappa shape index (κ1) is 22.4. The third-order valence-corrected chi connectivity index (χ3v) is 5.76. The minimum atomic E-state index is -1.51. The highest BCUT2D eigenvalue weighted by Gasteiger charge is 2.35. The van der Waals surface area contributed by atoms with Gasteiger partial charge in [0, 0.05) is 35.6 Å². The molecule has 0 radical (unpaired) electrons. The van der Waals surface area contributed by atoms with Gasteiger partial charge in [0.1, 0.15) is 6.10 Å². The first-order valence-corrected chi connectivity index (χ1v) is 10.4. The summed E-state index contributed by atoms with van der Waals surface area (Å²) in [4.78, 5) is 37.5. The summed E-state index contributed by atoms with van der Waals surface area (Å²) in [7, 11) is 0. The number of carbonyl (C=O) groups excluding carboxylic acids is 1. The van der Waals surface area contributed by atoms with Gasteiger partial charge in [0.2, 0.25) is 6.04 Å². The summed E-state index contributed by atoms with van der Waals surface area (Å²) >= 11 is 0. The quantitative estimate of drug-likeness (QED) is 0.493. The smallest absolute Gasteiger partial charge is 0.335 e. The molecule has 2 unspecified atom stereocenters. The van der Waals surface area contributed by atoms with Crippen molar-refractivity contribution in [3.05, 3.63) is 80.4 Å². The van der Waals surface area contributed by atoms with Gasteiger partial charge in [0.25, 0.3) is 5.91 Å². The number of aliphatic hydroxyl groups excluding tert-OH is 1. The van der Waals surface area contributed by atoms with Crippen LogP contribution in [0.1, 0.15) is 69.7 Å². The number of fused-ring (bicyclic) bond motifs is 1. The molecule has 2 aromatic rings. The van der Waals surface area contributed by atoms with Gasteiger partial charge in [-0.25, -0.2) is 4.79 Å². The van der Waals surface area contributed by atoms with Gasteiger partial charge in [-0.15, -0.1) is 0 Å². The Balaban J connectivity index is 1.97. The van der Waals surface area contributed by atoms with E-state index in [1.165, 1.54) is 18.2 Å². The van der Waals surface area contributed by atoms with E-state index in [4.69, 9.17) is 0 Å². The van der Waals surface area contributed by atoms with E-state index in [1.54, 1.807) is 4.90 Å². The van der Waals surface area contributed by atoms with Crippen molar-refractivity contribution in [1.82, 2.24) is 4.90 Å². The van der Waals surface area contributed by atoms with Crippen LogP contribution in [0.3, 0.4) is 0 Å². The fraction of sp³-hybridized carbons (Fsp3) is 0.391. The summed E-state index contributed by atoms with van der Waals surface area (Å²) in [6.45, 7) is 2.70. The van der Waals surface area contributed by atoms with Crippen molar-refractivity contribution in [3.8, 4) is 0 Å². The molecule has 8 nitrogen and oxygen atoms in total. The zero-order valence-corrected chi connectivity index (χ0v) is 17.4. The molecule has 2 atom stereocenters. The number of unbranched alkanes of at least 4 members (excludes halogenated alkanes) is 1. The maximum absolute atomic E-state index is 13.4. The molecule has 1 amide bonds. The second-order valence-electron chi connectivity index (χ2n) is 7.79. The van der Waals surface area contributed by atoms with E-state index in [1.807, 2.05) is 31.2 Å². The molecule has 0 bridgehead atoms. The Kier molecular flexibility index (Phi) is 7.02.